The molecule has 0 aliphatic carbocycles. The maximum Gasteiger partial charge on any atom is 0.205 e. The summed E-state index contributed by atoms with van der Waals surface area (Å²) in [5.41, 5.74) is -0.625. The SMILES string of the molecule is CC(C)(CO)C(=O)Br.[Ac]. The van der Waals surface area contributed by atoms with Gasteiger partial charge in [0.05, 0.1) is 12.0 Å². The van der Waals surface area contributed by atoms with E-state index >= 15 is 0 Å². The fraction of sp³-hybridized carbons (Fsp3) is 0.800. The monoisotopic (exact) mass is 407 g/mol. The van der Waals surface area contributed by atoms with Gasteiger partial charge in [0, 0.05) is 44.1 Å². The van der Waals surface area contributed by atoms with Crippen LogP contribution in [-0.2, 0) is 4.79 Å². The van der Waals surface area contributed by atoms with E-state index < -0.39 is 5.41 Å². The summed E-state index contributed by atoms with van der Waals surface area (Å²) in [5.74, 6) is 0. The minimum atomic E-state index is -0.625. The maximum atomic E-state index is 10.5. The topological polar surface area (TPSA) is 37.3 Å². The Morgan fingerprint density at radius 2 is 2.00 bits per heavy atom. The van der Waals surface area contributed by atoms with Crippen LogP contribution in [0.25, 0.3) is 0 Å². The average molecular weight is 408 g/mol. The Hall–Kier alpha value is 1.55. The summed E-state index contributed by atoms with van der Waals surface area (Å²) in [4.78, 5) is 10.5. The Morgan fingerprint density at radius 1 is 1.67 bits per heavy atom. The van der Waals surface area contributed by atoms with Crippen LogP contribution < -0.4 is 0 Å². The van der Waals surface area contributed by atoms with E-state index in [1.165, 1.54) is 0 Å². The Kier molecular flexibility index (Phi) is 7.66. The number of hydrogen-bond acceptors (Lipinski definition) is 2. The molecule has 0 aromatic rings. The first-order valence-corrected chi connectivity index (χ1v) is 3.11. The Balaban J connectivity index is 0. The average Bonchev–Trinajstić information content (AvgIpc) is 1.67. The van der Waals surface area contributed by atoms with Gasteiger partial charge in [0.1, 0.15) is 0 Å². The van der Waals surface area contributed by atoms with Crippen molar-refractivity contribution in [2.75, 3.05) is 6.61 Å². The van der Waals surface area contributed by atoms with Crippen molar-refractivity contribution in [1.29, 1.82) is 0 Å². The molecule has 0 spiro atoms. The molecule has 1 radical (unpaired) electrons. The molecule has 0 aliphatic rings. The van der Waals surface area contributed by atoms with Gasteiger partial charge in [-0.05, 0) is 29.8 Å². The van der Waals surface area contributed by atoms with E-state index in [1.807, 2.05) is 0 Å². The van der Waals surface area contributed by atoms with Gasteiger partial charge in [0.25, 0.3) is 0 Å². The molecular weight excluding hydrogens is 399 g/mol. The summed E-state index contributed by atoms with van der Waals surface area (Å²) in [7, 11) is 0. The zero-order valence-electron chi connectivity index (χ0n) is 5.52. The minimum absolute atomic E-state index is 0. The summed E-state index contributed by atoms with van der Waals surface area (Å²) in [6.07, 6.45) is 0. The second kappa shape index (κ2) is 5.23. The molecule has 0 heterocycles. The van der Waals surface area contributed by atoms with Crippen molar-refractivity contribution < 1.29 is 54.0 Å². The van der Waals surface area contributed by atoms with Crippen LogP contribution in [0, 0.1) is 49.5 Å². The third-order valence-corrected chi connectivity index (χ3v) is 2.00. The van der Waals surface area contributed by atoms with E-state index in [9.17, 15) is 4.79 Å². The van der Waals surface area contributed by atoms with Gasteiger partial charge in [-0.3, -0.25) is 4.79 Å². The number of aliphatic hydroxyl groups is 1. The summed E-state index contributed by atoms with van der Waals surface area (Å²) < 4.78 is -0.160. The third kappa shape index (κ3) is 4.89. The molecule has 2 nitrogen and oxygen atoms in total. The molecule has 51 valence electrons. The Morgan fingerprint density at radius 3 is 2.00 bits per heavy atom. The van der Waals surface area contributed by atoms with Gasteiger partial charge >= 0.3 is 0 Å². The molecule has 0 unspecified atom stereocenters. The molecule has 0 atom stereocenters. The van der Waals surface area contributed by atoms with Crippen LogP contribution in [0.15, 0.2) is 0 Å². The molecule has 0 fully saturated rings. The van der Waals surface area contributed by atoms with Crippen LogP contribution in [0.3, 0.4) is 0 Å². The van der Waals surface area contributed by atoms with Crippen molar-refractivity contribution in [3.63, 3.8) is 0 Å². The summed E-state index contributed by atoms with van der Waals surface area (Å²) in [5, 5.41) is 8.51. The smallest absolute Gasteiger partial charge is 0.205 e. The second-order valence-electron chi connectivity index (χ2n) is 2.32. The number of carbonyl (C=O) groups excluding carboxylic acids is 1. The molecule has 0 aromatic heterocycles. The summed E-state index contributed by atoms with van der Waals surface area (Å²) in [6.45, 7) is 3.23. The molecule has 0 aromatic carbocycles. The van der Waals surface area contributed by atoms with E-state index in [2.05, 4.69) is 15.9 Å². The van der Waals surface area contributed by atoms with Gasteiger partial charge < -0.3 is 5.11 Å². The minimum Gasteiger partial charge on any atom is -0.395 e. The maximum absolute atomic E-state index is 10.5. The van der Waals surface area contributed by atoms with Gasteiger partial charge in [-0.1, -0.05) is 0 Å². The van der Waals surface area contributed by atoms with Gasteiger partial charge in [-0.25, -0.2) is 0 Å². The van der Waals surface area contributed by atoms with Gasteiger partial charge in [0.2, 0.25) is 4.69 Å². The molecule has 0 saturated heterocycles. The molecule has 0 bridgehead atoms. The van der Waals surface area contributed by atoms with Crippen LogP contribution in [0.4, 0.5) is 0 Å². The quantitative estimate of drug-likeness (QED) is 0.691. The molecule has 1 N–H and O–H groups in total. The van der Waals surface area contributed by atoms with Crippen molar-refractivity contribution in [1.82, 2.24) is 0 Å². The zero-order chi connectivity index (χ0) is 6.78. The van der Waals surface area contributed by atoms with E-state index in [1.54, 1.807) is 13.8 Å². The molecular formula is C5H9AcBrO2. The zero-order valence-corrected chi connectivity index (χ0v) is 11.8. The predicted molar refractivity (Wildman–Crippen MR) is 34.8 cm³/mol. The Labute approximate surface area is 99.1 Å². The number of hydrogen-bond donors (Lipinski definition) is 1. The number of rotatable bonds is 2. The van der Waals surface area contributed by atoms with E-state index in [4.69, 9.17) is 5.11 Å². The normalized spacial score (nSPS) is 10.2. The van der Waals surface area contributed by atoms with Crippen molar-refractivity contribution in [3.8, 4) is 0 Å². The standard InChI is InChI=1S/C5H9BrO2.Ac/c1-5(2,3-7)4(6)8;/h7H,3H2,1-2H3;. The van der Waals surface area contributed by atoms with E-state index in [-0.39, 0.29) is 55.4 Å². The van der Waals surface area contributed by atoms with Gasteiger partial charge in [0.15, 0.2) is 0 Å². The second-order valence-corrected chi connectivity index (χ2v) is 3.04. The Bertz CT molecular complexity index is 103. The van der Waals surface area contributed by atoms with Crippen LogP contribution in [0.2, 0.25) is 0 Å². The number of carbonyl (C=O) groups is 1. The number of aliphatic hydroxyl groups excluding tert-OH is 1. The van der Waals surface area contributed by atoms with Crippen LogP contribution in [0.5, 0.6) is 0 Å². The van der Waals surface area contributed by atoms with Gasteiger partial charge in [-0.15, -0.1) is 0 Å². The van der Waals surface area contributed by atoms with Gasteiger partial charge in [-0.2, -0.15) is 0 Å². The van der Waals surface area contributed by atoms with Crippen LogP contribution in [0.1, 0.15) is 13.8 Å². The molecule has 0 amide bonds. The number of halogens is 1. The first-order chi connectivity index (χ1) is 3.50. The molecule has 0 saturated carbocycles. The molecule has 4 heteroatoms. The van der Waals surface area contributed by atoms with Crippen molar-refractivity contribution in [2.45, 2.75) is 13.8 Å². The van der Waals surface area contributed by atoms with Crippen LogP contribution >= 0.6 is 15.9 Å². The summed E-state index contributed by atoms with van der Waals surface area (Å²) in [6, 6.07) is 0. The first-order valence-electron chi connectivity index (χ1n) is 2.31. The van der Waals surface area contributed by atoms with E-state index in [0.29, 0.717) is 0 Å². The first kappa shape index (κ1) is 13.2. The molecule has 0 rings (SSSR count). The summed E-state index contributed by atoms with van der Waals surface area (Å²) >= 11 is 2.76. The molecule has 0 aliphatic heterocycles. The van der Waals surface area contributed by atoms with Crippen molar-refractivity contribution in [2.24, 2.45) is 5.41 Å². The predicted octanol–water partition coefficient (Wildman–Crippen LogP) is 0.926. The fourth-order valence-corrected chi connectivity index (χ4v) is 0.188. The largest absolute Gasteiger partial charge is 0.395 e. The van der Waals surface area contributed by atoms with Crippen molar-refractivity contribution >= 4 is 20.6 Å². The fourth-order valence-electron chi connectivity index (χ4n) is 0.0622. The third-order valence-electron chi connectivity index (χ3n) is 0.927. The van der Waals surface area contributed by atoms with Crippen LogP contribution in [-0.4, -0.2) is 16.4 Å². The molecule has 9 heavy (non-hydrogen) atoms. The van der Waals surface area contributed by atoms with E-state index in [0.717, 1.165) is 0 Å². The van der Waals surface area contributed by atoms with Crippen molar-refractivity contribution in [3.05, 3.63) is 0 Å².